The molecule has 0 radical (unpaired) electrons. The van der Waals surface area contributed by atoms with Crippen molar-refractivity contribution in [2.24, 2.45) is 0 Å². The highest BCUT2D eigenvalue weighted by molar-refractivity contribution is 7.81. The molecule has 0 aliphatic carbocycles. The molecule has 0 heterocycles. The highest BCUT2D eigenvalue weighted by Gasteiger charge is 2.40. The van der Waals surface area contributed by atoms with Crippen molar-refractivity contribution in [2.75, 3.05) is 0 Å². The van der Waals surface area contributed by atoms with Crippen LogP contribution in [0.2, 0.25) is 0 Å². The summed E-state index contributed by atoms with van der Waals surface area (Å²) in [6.45, 7) is 3.34. The first-order valence-electron chi connectivity index (χ1n) is 3.74. The van der Waals surface area contributed by atoms with Gasteiger partial charge in [-0.05, 0) is 19.4 Å². The lowest BCUT2D eigenvalue weighted by molar-refractivity contribution is -0.0457. The summed E-state index contributed by atoms with van der Waals surface area (Å²) in [4.78, 5) is 0. The van der Waals surface area contributed by atoms with E-state index in [4.69, 9.17) is 0 Å². The van der Waals surface area contributed by atoms with Crippen molar-refractivity contribution in [2.45, 2.75) is 32.2 Å². The van der Waals surface area contributed by atoms with E-state index in [1.54, 1.807) is 13.8 Å². The molecule has 0 aromatic rings. The Hall–Kier alpha value is -0.520. The van der Waals surface area contributed by atoms with Crippen LogP contribution in [0.1, 0.15) is 26.7 Å². The summed E-state index contributed by atoms with van der Waals surface area (Å²) in [5.41, 5.74) is -4.80. The molecule has 0 aliphatic heterocycles. The number of allylic oxidation sites excluding steroid dienone is 2. The van der Waals surface area contributed by atoms with Crippen molar-refractivity contribution in [3.8, 4) is 0 Å². The highest BCUT2D eigenvalue weighted by atomic mass is 32.2. The van der Waals surface area contributed by atoms with E-state index in [0.29, 0.717) is 12.8 Å². The molecule has 0 saturated carbocycles. The first kappa shape index (κ1) is 12.5. The molecule has 0 fully saturated rings. The van der Waals surface area contributed by atoms with E-state index in [1.165, 1.54) is 6.08 Å². The zero-order valence-corrected chi connectivity index (χ0v) is 8.17. The molecule has 13 heavy (non-hydrogen) atoms. The summed E-state index contributed by atoms with van der Waals surface area (Å²) in [6.07, 6.45) is 2.39. The molecular weight excluding hydrogens is 205 g/mol. The third kappa shape index (κ3) is 4.92. The van der Waals surface area contributed by atoms with Crippen molar-refractivity contribution in [3.63, 3.8) is 0 Å². The number of hydrogen-bond acceptors (Lipinski definition) is 2. The molecule has 0 aliphatic rings. The molecule has 0 aromatic carbocycles. The lowest BCUT2D eigenvalue weighted by Crippen LogP contribution is -2.18. The van der Waals surface area contributed by atoms with Gasteiger partial charge in [-0.15, -0.1) is 0 Å². The molecule has 0 amide bonds. The highest BCUT2D eigenvalue weighted by Crippen LogP contribution is 2.23. The standard InChI is InChI=1S/C7H11F3O2S/c1-3-5-6(4-2)12-13(11)7(8,9)10/h4H,3,5H2,1-2H3/b6-4+/t13-/m1/s1. The van der Waals surface area contributed by atoms with Crippen LogP contribution in [-0.4, -0.2) is 9.72 Å². The van der Waals surface area contributed by atoms with Gasteiger partial charge < -0.3 is 4.18 Å². The Balaban J connectivity index is 4.19. The molecule has 0 aromatic heterocycles. The second-order valence-electron chi connectivity index (χ2n) is 2.27. The van der Waals surface area contributed by atoms with Crippen molar-refractivity contribution < 1.29 is 21.6 Å². The SMILES string of the molecule is C/C=C(\CCC)O[S@@](=O)C(F)(F)F. The summed E-state index contributed by atoms with van der Waals surface area (Å²) in [6, 6.07) is 0. The van der Waals surface area contributed by atoms with Crippen molar-refractivity contribution in [3.05, 3.63) is 11.8 Å². The quantitative estimate of drug-likeness (QED) is 0.675. The fourth-order valence-corrected chi connectivity index (χ4v) is 1.09. The monoisotopic (exact) mass is 216 g/mol. The Morgan fingerprint density at radius 2 is 2.08 bits per heavy atom. The van der Waals surface area contributed by atoms with Crippen LogP contribution in [0.15, 0.2) is 11.8 Å². The summed E-state index contributed by atoms with van der Waals surface area (Å²) in [7, 11) is 0. The zero-order valence-electron chi connectivity index (χ0n) is 7.35. The third-order valence-electron chi connectivity index (χ3n) is 1.19. The molecule has 6 heteroatoms. The van der Waals surface area contributed by atoms with E-state index in [2.05, 4.69) is 4.18 Å². The molecule has 0 rings (SSSR count). The zero-order chi connectivity index (χ0) is 10.5. The van der Waals surface area contributed by atoms with Gasteiger partial charge in [-0.1, -0.05) is 6.92 Å². The fraction of sp³-hybridized carbons (Fsp3) is 0.714. The molecule has 0 bridgehead atoms. The van der Waals surface area contributed by atoms with Gasteiger partial charge in [0.25, 0.3) is 0 Å². The van der Waals surface area contributed by atoms with Crippen LogP contribution in [0.4, 0.5) is 13.2 Å². The minimum absolute atomic E-state index is 0.109. The normalized spacial score (nSPS) is 15.6. The van der Waals surface area contributed by atoms with Gasteiger partial charge >= 0.3 is 16.6 Å². The lowest BCUT2D eigenvalue weighted by Gasteiger charge is -2.09. The van der Waals surface area contributed by atoms with Crippen LogP contribution in [0.5, 0.6) is 0 Å². The first-order valence-corrected chi connectivity index (χ1v) is 4.81. The van der Waals surface area contributed by atoms with E-state index >= 15 is 0 Å². The Bertz CT molecular complexity index is 210. The predicted molar refractivity (Wildman–Crippen MR) is 43.9 cm³/mol. The lowest BCUT2D eigenvalue weighted by atomic mass is 10.3. The molecule has 2 nitrogen and oxygen atoms in total. The van der Waals surface area contributed by atoms with Gasteiger partial charge in [-0.2, -0.15) is 13.2 Å². The topological polar surface area (TPSA) is 26.3 Å². The number of hydrogen-bond donors (Lipinski definition) is 0. The number of halogens is 3. The molecule has 0 unspecified atom stereocenters. The molecule has 78 valence electrons. The molecule has 0 N–H and O–H groups in total. The largest absolute Gasteiger partial charge is 0.508 e. The average Bonchev–Trinajstić information content (AvgIpc) is 2.01. The maximum absolute atomic E-state index is 11.7. The van der Waals surface area contributed by atoms with Gasteiger partial charge in [0.1, 0.15) is 5.76 Å². The summed E-state index contributed by atoms with van der Waals surface area (Å²) >= 11 is -3.24. The first-order chi connectivity index (χ1) is 5.91. The number of alkyl halides is 3. The summed E-state index contributed by atoms with van der Waals surface area (Å²) in [5, 5.41) is 0. The molecular formula is C7H11F3O2S. The van der Waals surface area contributed by atoms with Gasteiger partial charge in [0.15, 0.2) is 0 Å². The van der Waals surface area contributed by atoms with E-state index in [0.717, 1.165) is 0 Å². The van der Waals surface area contributed by atoms with Crippen LogP contribution in [-0.2, 0) is 15.3 Å². The van der Waals surface area contributed by atoms with Crippen molar-refractivity contribution in [1.29, 1.82) is 0 Å². The minimum Gasteiger partial charge on any atom is -0.399 e. The van der Waals surface area contributed by atoms with Crippen molar-refractivity contribution >= 4 is 11.1 Å². The van der Waals surface area contributed by atoms with Gasteiger partial charge in [0, 0.05) is 6.42 Å². The maximum Gasteiger partial charge on any atom is 0.508 e. The van der Waals surface area contributed by atoms with Gasteiger partial charge in [-0.25, -0.2) is 4.21 Å². The number of rotatable bonds is 4. The van der Waals surface area contributed by atoms with Gasteiger partial charge in [-0.3, -0.25) is 0 Å². The minimum atomic E-state index is -4.80. The van der Waals surface area contributed by atoms with Crippen molar-refractivity contribution in [1.82, 2.24) is 0 Å². The predicted octanol–water partition coefficient (Wildman–Crippen LogP) is 2.89. The molecule has 0 saturated heterocycles. The second-order valence-corrected chi connectivity index (χ2v) is 3.37. The van der Waals surface area contributed by atoms with E-state index < -0.39 is 16.6 Å². The maximum atomic E-state index is 11.7. The average molecular weight is 216 g/mol. The van der Waals surface area contributed by atoms with Gasteiger partial charge in [0.2, 0.25) is 0 Å². The molecule has 1 atom stereocenters. The van der Waals surface area contributed by atoms with Gasteiger partial charge in [0.05, 0.1) is 0 Å². The van der Waals surface area contributed by atoms with Crippen LogP contribution in [0, 0.1) is 0 Å². The van der Waals surface area contributed by atoms with Crippen LogP contribution in [0.25, 0.3) is 0 Å². The third-order valence-corrected chi connectivity index (χ3v) is 1.93. The Labute approximate surface area is 77.4 Å². The molecule has 0 spiro atoms. The Kier molecular flexibility index (Phi) is 5.05. The second kappa shape index (κ2) is 5.26. The van der Waals surface area contributed by atoms with Crippen LogP contribution < -0.4 is 0 Å². The van der Waals surface area contributed by atoms with Crippen LogP contribution >= 0.6 is 0 Å². The Morgan fingerprint density at radius 3 is 2.38 bits per heavy atom. The summed E-state index contributed by atoms with van der Waals surface area (Å²) in [5.74, 6) is 0.109. The Morgan fingerprint density at radius 1 is 1.54 bits per heavy atom. The van der Waals surface area contributed by atoms with Crippen LogP contribution in [0.3, 0.4) is 0 Å². The fourth-order valence-electron chi connectivity index (χ4n) is 0.625. The summed E-state index contributed by atoms with van der Waals surface area (Å²) < 4.78 is 49.8. The van der Waals surface area contributed by atoms with E-state index in [-0.39, 0.29) is 5.76 Å². The smallest absolute Gasteiger partial charge is 0.399 e. The van der Waals surface area contributed by atoms with E-state index in [1.807, 2.05) is 0 Å². The van der Waals surface area contributed by atoms with E-state index in [9.17, 15) is 17.4 Å².